The highest BCUT2D eigenvalue weighted by Crippen LogP contribution is 2.23. The largest absolute Gasteiger partial charge is 0.353 e. The first-order chi connectivity index (χ1) is 9.56. The average molecular weight is 338 g/mol. The fraction of sp³-hybridized carbons (Fsp3) is 0.308. The molecule has 0 unspecified atom stereocenters. The normalized spacial score (nSPS) is 14.6. The van der Waals surface area contributed by atoms with E-state index in [1.165, 1.54) is 6.92 Å². The maximum Gasteiger partial charge on any atom is 0.221 e. The summed E-state index contributed by atoms with van der Waals surface area (Å²) < 4.78 is 0.816. The van der Waals surface area contributed by atoms with E-state index in [2.05, 4.69) is 42.1 Å². The molecule has 0 saturated heterocycles. The fourth-order valence-corrected chi connectivity index (χ4v) is 2.18. The van der Waals surface area contributed by atoms with Crippen molar-refractivity contribution < 1.29 is 4.79 Å². The highest BCUT2D eigenvalue weighted by atomic mass is 79.9. The Hall–Kier alpha value is -1.89. The van der Waals surface area contributed by atoms with Crippen LogP contribution in [0.25, 0.3) is 0 Å². The molecule has 1 heterocycles. The molecule has 1 aromatic carbocycles. The number of benzene rings is 1. The molecule has 1 aromatic rings. The van der Waals surface area contributed by atoms with Crippen molar-refractivity contribution in [1.29, 1.82) is 0 Å². The molecule has 1 amide bonds. The van der Waals surface area contributed by atoms with Crippen LogP contribution in [0.15, 0.2) is 32.8 Å². The molecule has 7 heteroatoms. The van der Waals surface area contributed by atoms with Crippen molar-refractivity contribution in [3.8, 4) is 0 Å². The van der Waals surface area contributed by atoms with Gasteiger partial charge in [0.15, 0.2) is 0 Å². The Morgan fingerprint density at radius 2 is 2.25 bits per heavy atom. The lowest BCUT2D eigenvalue weighted by Gasteiger charge is -2.08. The minimum atomic E-state index is -0.101. The SMILES string of the molecule is CC(=O)Nc1ccc(/C(C)=N\NC2=NCCN2)cc1Br. The van der Waals surface area contributed by atoms with Gasteiger partial charge in [-0.2, -0.15) is 5.10 Å². The number of carbonyl (C=O) groups is 1. The second kappa shape index (κ2) is 6.51. The van der Waals surface area contributed by atoms with Crippen molar-refractivity contribution in [3.05, 3.63) is 28.2 Å². The smallest absolute Gasteiger partial charge is 0.221 e. The van der Waals surface area contributed by atoms with Gasteiger partial charge in [0, 0.05) is 17.9 Å². The van der Waals surface area contributed by atoms with E-state index >= 15 is 0 Å². The summed E-state index contributed by atoms with van der Waals surface area (Å²) in [7, 11) is 0. The third-order valence-corrected chi connectivity index (χ3v) is 3.36. The minimum Gasteiger partial charge on any atom is -0.353 e. The topological polar surface area (TPSA) is 77.9 Å². The van der Waals surface area contributed by atoms with Gasteiger partial charge < -0.3 is 10.6 Å². The molecule has 3 N–H and O–H groups in total. The lowest BCUT2D eigenvalue weighted by atomic mass is 10.1. The lowest BCUT2D eigenvalue weighted by molar-refractivity contribution is -0.114. The van der Waals surface area contributed by atoms with Crippen molar-refractivity contribution in [2.24, 2.45) is 10.1 Å². The van der Waals surface area contributed by atoms with Crippen molar-refractivity contribution >= 4 is 39.2 Å². The molecule has 0 saturated carbocycles. The molecule has 0 fully saturated rings. The third kappa shape index (κ3) is 3.80. The number of hydrogen-bond acceptors (Lipinski definition) is 5. The van der Waals surface area contributed by atoms with Gasteiger partial charge >= 0.3 is 0 Å². The Kier molecular flexibility index (Phi) is 4.73. The van der Waals surface area contributed by atoms with E-state index in [9.17, 15) is 4.79 Å². The molecule has 1 aliphatic heterocycles. The average Bonchev–Trinajstić information content (AvgIpc) is 2.91. The van der Waals surface area contributed by atoms with Gasteiger partial charge in [-0.05, 0) is 40.5 Å². The van der Waals surface area contributed by atoms with Gasteiger partial charge in [0.05, 0.1) is 17.9 Å². The Morgan fingerprint density at radius 1 is 1.45 bits per heavy atom. The lowest BCUT2D eigenvalue weighted by Crippen LogP contribution is -2.30. The van der Waals surface area contributed by atoms with Crippen molar-refractivity contribution in [1.82, 2.24) is 10.7 Å². The molecule has 20 heavy (non-hydrogen) atoms. The van der Waals surface area contributed by atoms with Crippen LogP contribution in [0.1, 0.15) is 19.4 Å². The van der Waals surface area contributed by atoms with E-state index in [1.54, 1.807) is 0 Å². The number of amides is 1. The number of nitrogens with one attached hydrogen (secondary N) is 3. The number of guanidine groups is 1. The maximum absolute atomic E-state index is 11.0. The van der Waals surface area contributed by atoms with E-state index in [0.717, 1.165) is 34.5 Å². The minimum absolute atomic E-state index is 0.101. The second-order valence-electron chi connectivity index (χ2n) is 4.34. The van der Waals surface area contributed by atoms with Crippen LogP contribution < -0.4 is 16.1 Å². The Bertz CT molecular complexity index is 582. The maximum atomic E-state index is 11.0. The van der Waals surface area contributed by atoms with E-state index < -0.39 is 0 Å². The Morgan fingerprint density at radius 3 is 2.85 bits per heavy atom. The Labute approximate surface area is 125 Å². The van der Waals surface area contributed by atoms with Gasteiger partial charge in [0.2, 0.25) is 11.9 Å². The first-order valence-corrected chi connectivity index (χ1v) is 7.01. The summed E-state index contributed by atoms with van der Waals surface area (Å²) in [5, 5.41) is 10.1. The van der Waals surface area contributed by atoms with Gasteiger partial charge in [-0.15, -0.1) is 0 Å². The van der Waals surface area contributed by atoms with E-state index in [1.807, 2.05) is 25.1 Å². The standard InChI is InChI=1S/C13H16BrN5O/c1-8(18-19-13-15-5-6-16-13)10-3-4-12(11(14)7-10)17-9(2)20/h3-4,7H,5-6H2,1-2H3,(H,17,20)(H2,15,16,19)/b18-8-. The van der Waals surface area contributed by atoms with Gasteiger partial charge in [0.25, 0.3) is 0 Å². The molecule has 0 aromatic heterocycles. The monoisotopic (exact) mass is 337 g/mol. The summed E-state index contributed by atoms with van der Waals surface area (Å²) in [6.45, 7) is 5.00. The van der Waals surface area contributed by atoms with Gasteiger partial charge in [0.1, 0.15) is 0 Å². The zero-order valence-electron chi connectivity index (χ0n) is 11.3. The highest BCUT2D eigenvalue weighted by molar-refractivity contribution is 9.10. The van der Waals surface area contributed by atoms with E-state index in [-0.39, 0.29) is 5.91 Å². The summed E-state index contributed by atoms with van der Waals surface area (Å²) in [6.07, 6.45) is 0. The predicted molar refractivity (Wildman–Crippen MR) is 84.1 cm³/mol. The van der Waals surface area contributed by atoms with Crippen LogP contribution in [-0.2, 0) is 4.79 Å². The summed E-state index contributed by atoms with van der Waals surface area (Å²) in [5.41, 5.74) is 5.41. The highest BCUT2D eigenvalue weighted by Gasteiger charge is 2.06. The zero-order chi connectivity index (χ0) is 14.5. The number of anilines is 1. The molecule has 6 nitrogen and oxygen atoms in total. The molecule has 1 aliphatic rings. The summed E-state index contributed by atoms with van der Waals surface area (Å²) in [6, 6.07) is 5.65. The van der Waals surface area contributed by atoms with Crippen LogP contribution in [0.2, 0.25) is 0 Å². The zero-order valence-corrected chi connectivity index (χ0v) is 12.9. The summed E-state index contributed by atoms with van der Waals surface area (Å²) in [5.74, 6) is 0.592. The molecule has 0 aliphatic carbocycles. The van der Waals surface area contributed by atoms with Crippen LogP contribution in [0.3, 0.4) is 0 Å². The van der Waals surface area contributed by atoms with Crippen molar-refractivity contribution in [3.63, 3.8) is 0 Å². The number of halogens is 1. The quantitative estimate of drug-likeness (QED) is 0.580. The second-order valence-corrected chi connectivity index (χ2v) is 5.20. The molecule has 0 bridgehead atoms. The van der Waals surface area contributed by atoms with Crippen molar-refractivity contribution in [2.75, 3.05) is 18.4 Å². The molecular weight excluding hydrogens is 322 g/mol. The number of nitrogens with zero attached hydrogens (tertiary/aromatic N) is 2. The summed E-state index contributed by atoms with van der Waals surface area (Å²) >= 11 is 3.44. The predicted octanol–water partition coefficient (Wildman–Crippen LogP) is 1.68. The number of rotatable bonds is 3. The van der Waals surface area contributed by atoms with Crippen LogP contribution in [-0.4, -0.2) is 30.7 Å². The summed E-state index contributed by atoms with van der Waals surface area (Å²) in [4.78, 5) is 15.2. The number of hydrogen-bond donors (Lipinski definition) is 3. The molecular formula is C13H16BrN5O. The van der Waals surface area contributed by atoms with Gasteiger partial charge in [-0.3, -0.25) is 4.79 Å². The molecule has 0 radical (unpaired) electrons. The molecule has 106 valence electrons. The van der Waals surface area contributed by atoms with E-state index in [0.29, 0.717) is 5.96 Å². The van der Waals surface area contributed by atoms with Crippen LogP contribution in [0.5, 0.6) is 0 Å². The fourth-order valence-electron chi connectivity index (χ4n) is 1.71. The Balaban J connectivity index is 2.09. The van der Waals surface area contributed by atoms with Gasteiger partial charge in [-0.1, -0.05) is 6.07 Å². The van der Waals surface area contributed by atoms with Crippen LogP contribution >= 0.6 is 15.9 Å². The van der Waals surface area contributed by atoms with Crippen LogP contribution in [0, 0.1) is 0 Å². The number of carbonyl (C=O) groups excluding carboxylic acids is 1. The number of hydrazone groups is 1. The first kappa shape index (κ1) is 14.5. The third-order valence-electron chi connectivity index (χ3n) is 2.70. The molecule has 2 rings (SSSR count). The van der Waals surface area contributed by atoms with Crippen molar-refractivity contribution in [2.45, 2.75) is 13.8 Å². The molecule has 0 atom stereocenters. The van der Waals surface area contributed by atoms with E-state index in [4.69, 9.17) is 0 Å². The van der Waals surface area contributed by atoms with Gasteiger partial charge in [-0.25, -0.2) is 10.4 Å². The first-order valence-electron chi connectivity index (χ1n) is 6.22. The van der Waals surface area contributed by atoms with Crippen LogP contribution in [0.4, 0.5) is 5.69 Å². The number of aliphatic imine (C=N–C) groups is 1. The molecule has 0 spiro atoms.